The zero-order chi connectivity index (χ0) is 20.4. The van der Waals surface area contributed by atoms with Gasteiger partial charge < -0.3 is 9.47 Å². The molecular formula is C20H23F3N2O2Si. The van der Waals surface area contributed by atoms with Crippen molar-refractivity contribution in [3.05, 3.63) is 48.7 Å². The van der Waals surface area contributed by atoms with Crippen LogP contribution in [0.15, 0.2) is 48.7 Å². The van der Waals surface area contributed by atoms with Crippen LogP contribution < -0.4 is 4.74 Å². The van der Waals surface area contributed by atoms with Crippen LogP contribution in [-0.2, 0) is 11.5 Å². The van der Waals surface area contributed by atoms with Crippen molar-refractivity contribution in [2.24, 2.45) is 0 Å². The van der Waals surface area contributed by atoms with Crippen molar-refractivity contribution >= 4 is 19.0 Å². The number of rotatable bonds is 7. The third kappa shape index (κ3) is 5.59. The van der Waals surface area contributed by atoms with Gasteiger partial charge >= 0.3 is 6.36 Å². The molecule has 0 unspecified atom stereocenters. The van der Waals surface area contributed by atoms with Crippen molar-refractivity contribution in [2.75, 3.05) is 6.61 Å². The van der Waals surface area contributed by atoms with Crippen LogP contribution in [0.4, 0.5) is 13.2 Å². The molecule has 0 aliphatic carbocycles. The molecule has 0 saturated heterocycles. The van der Waals surface area contributed by atoms with Crippen molar-refractivity contribution in [1.82, 2.24) is 9.78 Å². The summed E-state index contributed by atoms with van der Waals surface area (Å²) in [5.41, 5.74) is 2.60. The smallest absolute Gasteiger partial charge is 0.406 e. The predicted octanol–water partition coefficient (Wildman–Crippen LogP) is 5.91. The number of hydrogen-bond acceptors (Lipinski definition) is 3. The Morgan fingerprint density at radius 3 is 2.32 bits per heavy atom. The summed E-state index contributed by atoms with van der Waals surface area (Å²) in [4.78, 5) is 0. The second-order valence-corrected chi connectivity index (χ2v) is 13.5. The molecule has 0 N–H and O–H groups in total. The first-order valence-corrected chi connectivity index (χ1v) is 12.7. The summed E-state index contributed by atoms with van der Waals surface area (Å²) in [5, 5.41) is 5.36. The van der Waals surface area contributed by atoms with E-state index in [0.29, 0.717) is 13.3 Å². The summed E-state index contributed by atoms with van der Waals surface area (Å²) in [6.07, 6.45) is -2.91. The lowest BCUT2D eigenvalue weighted by molar-refractivity contribution is -0.274. The Labute approximate surface area is 162 Å². The van der Waals surface area contributed by atoms with Crippen molar-refractivity contribution in [3.63, 3.8) is 0 Å². The molecule has 3 aromatic rings. The van der Waals surface area contributed by atoms with E-state index >= 15 is 0 Å². The van der Waals surface area contributed by atoms with Gasteiger partial charge in [0.05, 0.1) is 11.7 Å². The van der Waals surface area contributed by atoms with Crippen LogP contribution in [0.2, 0.25) is 25.7 Å². The second-order valence-electron chi connectivity index (χ2n) is 7.84. The highest BCUT2D eigenvalue weighted by atomic mass is 28.3. The summed E-state index contributed by atoms with van der Waals surface area (Å²) in [7, 11) is -1.14. The number of hydrogen-bond donors (Lipinski definition) is 0. The lowest BCUT2D eigenvalue weighted by Gasteiger charge is -2.15. The third-order valence-corrected chi connectivity index (χ3v) is 5.98. The maximum Gasteiger partial charge on any atom is 0.573 e. The Morgan fingerprint density at radius 2 is 1.68 bits per heavy atom. The van der Waals surface area contributed by atoms with E-state index < -0.39 is 14.4 Å². The largest absolute Gasteiger partial charge is 0.573 e. The van der Waals surface area contributed by atoms with E-state index in [0.717, 1.165) is 28.1 Å². The highest BCUT2D eigenvalue weighted by molar-refractivity contribution is 6.76. The van der Waals surface area contributed by atoms with Crippen LogP contribution in [0.25, 0.3) is 22.0 Å². The van der Waals surface area contributed by atoms with E-state index in [2.05, 4.69) is 29.5 Å². The van der Waals surface area contributed by atoms with E-state index in [-0.39, 0.29) is 5.75 Å². The van der Waals surface area contributed by atoms with E-state index in [1.54, 1.807) is 23.0 Å². The van der Waals surface area contributed by atoms with Gasteiger partial charge in [-0.2, -0.15) is 5.10 Å². The van der Waals surface area contributed by atoms with Crippen LogP contribution >= 0.6 is 0 Å². The molecule has 0 spiro atoms. The Morgan fingerprint density at radius 1 is 1.00 bits per heavy atom. The molecule has 28 heavy (non-hydrogen) atoms. The standard InChI is InChI=1S/C20H23F3N2O2Si/c1-28(2,3)11-10-26-14-25-19-12-16(4-5-17(19)13-24-25)15-6-8-18(9-7-15)27-20(21,22)23/h4-9,12-13H,10-11,14H2,1-3H3. The molecule has 2 aromatic carbocycles. The molecule has 8 heteroatoms. The average Bonchev–Trinajstić information content (AvgIpc) is 2.99. The van der Waals surface area contributed by atoms with Gasteiger partial charge in [-0.3, -0.25) is 0 Å². The van der Waals surface area contributed by atoms with Gasteiger partial charge in [0.15, 0.2) is 0 Å². The van der Waals surface area contributed by atoms with Crippen molar-refractivity contribution in [3.8, 4) is 16.9 Å². The van der Waals surface area contributed by atoms with Crippen LogP contribution in [0.5, 0.6) is 5.75 Å². The SMILES string of the molecule is C[Si](C)(C)CCOCn1ncc2ccc(-c3ccc(OC(F)(F)F)cc3)cc21. The predicted molar refractivity (Wildman–Crippen MR) is 106 cm³/mol. The number of benzene rings is 2. The van der Waals surface area contributed by atoms with Crippen molar-refractivity contribution < 1.29 is 22.6 Å². The number of nitrogens with zero attached hydrogens (tertiary/aromatic N) is 2. The van der Waals surface area contributed by atoms with Crippen molar-refractivity contribution in [2.45, 2.75) is 38.8 Å². The highest BCUT2D eigenvalue weighted by Gasteiger charge is 2.30. The van der Waals surface area contributed by atoms with Gasteiger partial charge in [-0.15, -0.1) is 13.2 Å². The molecule has 0 saturated carbocycles. The van der Waals surface area contributed by atoms with Crippen LogP contribution in [0.3, 0.4) is 0 Å². The summed E-state index contributed by atoms with van der Waals surface area (Å²) < 4.78 is 48.4. The first-order valence-electron chi connectivity index (χ1n) is 9.00. The molecule has 3 rings (SSSR count). The molecule has 1 heterocycles. The first kappa shape index (κ1) is 20.4. The molecule has 0 radical (unpaired) electrons. The fourth-order valence-electron chi connectivity index (χ4n) is 2.73. The molecule has 0 atom stereocenters. The van der Waals surface area contributed by atoms with E-state index in [4.69, 9.17) is 4.74 Å². The molecule has 150 valence electrons. The molecular weight excluding hydrogens is 385 g/mol. The third-order valence-electron chi connectivity index (χ3n) is 4.28. The summed E-state index contributed by atoms with van der Waals surface area (Å²) in [5.74, 6) is -0.238. The number of aromatic nitrogens is 2. The van der Waals surface area contributed by atoms with Gasteiger partial charge in [0.2, 0.25) is 0 Å². The molecule has 1 aromatic heterocycles. The van der Waals surface area contributed by atoms with Gasteiger partial charge in [0.25, 0.3) is 0 Å². The molecule has 0 aliphatic heterocycles. The molecule has 0 amide bonds. The number of ether oxygens (including phenoxy) is 2. The average molecular weight is 408 g/mol. The fraction of sp³-hybridized carbons (Fsp3) is 0.350. The number of alkyl halides is 3. The van der Waals surface area contributed by atoms with Crippen molar-refractivity contribution in [1.29, 1.82) is 0 Å². The quantitative estimate of drug-likeness (QED) is 0.360. The summed E-state index contributed by atoms with van der Waals surface area (Å²) >= 11 is 0. The minimum Gasteiger partial charge on any atom is -0.406 e. The maximum atomic E-state index is 12.3. The topological polar surface area (TPSA) is 36.3 Å². The Balaban J connectivity index is 1.74. The second kappa shape index (κ2) is 7.96. The van der Waals surface area contributed by atoms with Gasteiger partial charge in [0, 0.05) is 20.1 Å². The molecule has 4 nitrogen and oxygen atoms in total. The molecule has 0 aliphatic rings. The minimum absolute atomic E-state index is 0.238. The van der Waals surface area contributed by atoms with Gasteiger partial charge in [-0.25, -0.2) is 4.68 Å². The maximum absolute atomic E-state index is 12.3. The minimum atomic E-state index is -4.69. The Bertz CT molecular complexity index is 931. The van der Waals surface area contributed by atoms with E-state index in [1.807, 2.05) is 18.2 Å². The molecule has 0 bridgehead atoms. The highest BCUT2D eigenvalue weighted by Crippen LogP contribution is 2.28. The first-order chi connectivity index (χ1) is 13.1. The monoisotopic (exact) mass is 408 g/mol. The van der Waals surface area contributed by atoms with Gasteiger partial charge in [0.1, 0.15) is 12.5 Å². The zero-order valence-corrected chi connectivity index (χ0v) is 17.1. The lowest BCUT2D eigenvalue weighted by Crippen LogP contribution is -2.22. The van der Waals surface area contributed by atoms with Crippen LogP contribution in [0.1, 0.15) is 0 Å². The summed E-state index contributed by atoms with van der Waals surface area (Å²) in [6, 6.07) is 12.7. The van der Waals surface area contributed by atoms with E-state index in [9.17, 15) is 13.2 Å². The fourth-order valence-corrected chi connectivity index (χ4v) is 3.49. The number of halogens is 3. The van der Waals surface area contributed by atoms with Crippen LogP contribution in [-0.4, -0.2) is 30.8 Å². The van der Waals surface area contributed by atoms with Gasteiger partial charge in [-0.05, 0) is 35.4 Å². The number of fused-ring (bicyclic) bond motifs is 1. The zero-order valence-electron chi connectivity index (χ0n) is 16.1. The van der Waals surface area contributed by atoms with E-state index in [1.165, 1.54) is 12.1 Å². The van der Waals surface area contributed by atoms with Gasteiger partial charge in [-0.1, -0.05) is 43.9 Å². The normalized spacial score (nSPS) is 12.5. The summed E-state index contributed by atoms with van der Waals surface area (Å²) in [6.45, 7) is 7.98. The Kier molecular flexibility index (Phi) is 5.81. The Hall–Kier alpha value is -2.32. The van der Waals surface area contributed by atoms with Crippen LogP contribution in [0, 0.1) is 0 Å². The molecule has 0 fully saturated rings. The lowest BCUT2D eigenvalue weighted by atomic mass is 10.0.